The fourth-order valence-corrected chi connectivity index (χ4v) is 3.17. The number of anilines is 1. The van der Waals surface area contributed by atoms with Crippen molar-refractivity contribution in [2.24, 2.45) is 0 Å². The van der Waals surface area contributed by atoms with Crippen LogP contribution in [-0.4, -0.2) is 59.0 Å². The molecule has 0 saturated carbocycles. The maximum absolute atomic E-state index is 12.0. The number of hydrogen-bond acceptors (Lipinski definition) is 8. The number of nitrogens with one attached hydrogen (secondary N) is 2. The number of nitrogens with zero attached hydrogens (tertiary/aromatic N) is 2. The van der Waals surface area contributed by atoms with Crippen LogP contribution in [0.2, 0.25) is 0 Å². The molecule has 0 radical (unpaired) electrons. The number of thioether (sulfide) groups is 2. The highest BCUT2D eigenvalue weighted by Crippen LogP contribution is 2.40. The number of fused-ring (bicyclic) bond motifs is 1. The first kappa shape index (κ1) is 15.4. The van der Waals surface area contributed by atoms with E-state index >= 15 is 0 Å². The standard InChI is InChI=1S/C11H16N4O3S2/c1-19-9-7-10(14-6-13-9)20-11(15-7)8(17)12-2-4-18-5-3-16/h6,11,15-16H,2-5H2,1H3,(H,12,17). The highest BCUT2D eigenvalue weighted by Gasteiger charge is 2.30. The van der Waals surface area contributed by atoms with Crippen molar-refractivity contribution in [2.75, 3.05) is 37.9 Å². The largest absolute Gasteiger partial charge is 0.394 e. The zero-order chi connectivity index (χ0) is 14.4. The molecule has 110 valence electrons. The molecule has 3 N–H and O–H groups in total. The number of aliphatic hydroxyl groups is 1. The molecular weight excluding hydrogens is 300 g/mol. The number of hydrogen-bond donors (Lipinski definition) is 3. The SMILES string of the molecule is CSc1ncnc2c1NC(C(=O)NCCOCCO)S2. The van der Waals surface area contributed by atoms with Crippen molar-refractivity contribution in [3.8, 4) is 0 Å². The second-order valence-electron chi connectivity index (χ2n) is 3.83. The van der Waals surface area contributed by atoms with Crippen LogP contribution in [-0.2, 0) is 9.53 Å². The lowest BCUT2D eigenvalue weighted by atomic mass is 10.4. The molecule has 0 spiro atoms. The van der Waals surface area contributed by atoms with E-state index in [0.717, 1.165) is 15.7 Å². The van der Waals surface area contributed by atoms with E-state index in [1.54, 1.807) is 0 Å². The Morgan fingerprint density at radius 1 is 1.60 bits per heavy atom. The molecule has 2 heterocycles. The lowest BCUT2D eigenvalue weighted by molar-refractivity contribution is -0.120. The van der Waals surface area contributed by atoms with Crippen LogP contribution < -0.4 is 10.6 Å². The zero-order valence-electron chi connectivity index (χ0n) is 11.0. The van der Waals surface area contributed by atoms with Crippen LogP contribution in [0, 0.1) is 0 Å². The Bertz CT molecular complexity index is 475. The van der Waals surface area contributed by atoms with Gasteiger partial charge in [0.05, 0.1) is 19.8 Å². The predicted molar refractivity (Wildman–Crippen MR) is 78.0 cm³/mol. The molecule has 7 nitrogen and oxygen atoms in total. The Balaban J connectivity index is 1.83. The smallest absolute Gasteiger partial charge is 0.253 e. The van der Waals surface area contributed by atoms with Gasteiger partial charge in [0.2, 0.25) is 0 Å². The minimum Gasteiger partial charge on any atom is -0.394 e. The molecule has 0 aromatic carbocycles. The molecule has 1 aliphatic heterocycles. The lowest BCUT2D eigenvalue weighted by Crippen LogP contribution is -2.37. The second-order valence-corrected chi connectivity index (χ2v) is 5.72. The van der Waals surface area contributed by atoms with Gasteiger partial charge >= 0.3 is 0 Å². The first-order valence-electron chi connectivity index (χ1n) is 6.04. The van der Waals surface area contributed by atoms with Crippen molar-refractivity contribution in [2.45, 2.75) is 15.4 Å². The summed E-state index contributed by atoms with van der Waals surface area (Å²) in [6, 6.07) is 0. The van der Waals surface area contributed by atoms with E-state index in [1.807, 2.05) is 6.26 Å². The van der Waals surface area contributed by atoms with Crippen molar-refractivity contribution in [3.63, 3.8) is 0 Å². The van der Waals surface area contributed by atoms with Crippen LogP contribution in [0.5, 0.6) is 0 Å². The maximum atomic E-state index is 12.0. The van der Waals surface area contributed by atoms with Gasteiger partial charge in [0.25, 0.3) is 5.91 Å². The van der Waals surface area contributed by atoms with E-state index in [2.05, 4.69) is 20.6 Å². The number of aromatic nitrogens is 2. The third kappa shape index (κ3) is 3.75. The zero-order valence-corrected chi connectivity index (χ0v) is 12.6. The van der Waals surface area contributed by atoms with Crippen LogP contribution >= 0.6 is 23.5 Å². The normalized spacial score (nSPS) is 16.6. The molecule has 1 aromatic heterocycles. The van der Waals surface area contributed by atoms with Crippen molar-refractivity contribution >= 4 is 35.1 Å². The quantitative estimate of drug-likeness (QED) is 0.372. The summed E-state index contributed by atoms with van der Waals surface area (Å²) in [4.78, 5) is 20.3. The Morgan fingerprint density at radius 2 is 2.45 bits per heavy atom. The first-order valence-corrected chi connectivity index (χ1v) is 8.15. The van der Waals surface area contributed by atoms with E-state index < -0.39 is 5.37 Å². The van der Waals surface area contributed by atoms with Crippen LogP contribution in [0.4, 0.5) is 5.69 Å². The highest BCUT2D eigenvalue weighted by molar-refractivity contribution is 8.01. The minimum absolute atomic E-state index is 0.0145. The summed E-state index contributed by atoms with van der Waals surface area (Å²) in [5.41, 5.74) is 0.821. The summed E-state index contributed by atoms with van der Waals surface area (Å²) in [7, 11) is 0. The van der Waals surface area contributed by atoms with Crippen molar-refractivity contribution in [3.05, 3.63) is 6.33 Å². The minimum atomic E-state index is -0.398. The number of aliphatic hydroxyl groups excluding tert-OH is 1. The molecule has 20 heavy (non-hydrogen) atoms. The van der Waals surface area contributed by atoms with Gasteiger partial charge in [-0.1, -0.05) is 11.8 Å². The number of ether oxygens (including phenoxy) is 1. The Morgan fingerprint density at radius 3 is 3.20 bits per heavy atom. The first-order chi connectivity index (χ1) is 9.76. The summed E-state index contributed by atoms with van der Waals surface area (Å²) in [6.45, 7) is 1.06. The average Bonchev–Trinajstić information content (AvgIpc) is 2.90. The monoisotopic (exact) mass is 316 g/mol. The van der Waals surface area contributed by atoms with Crippen LogP contribution in [0.1, 0.15) is 0 Å². The topological polar surface area (TPSA) is 96.4 Å². The average molecular weight is 316 g/mol. The van der Waals surface area contributed by atoms with Gasteiger partial charge in [-0.3, -0.25) is 4.79 Å². The van der Waals surface area contributed by atoms with E-state index in [0.29, 0.717) is 13.2 Å². The molecular formula is C11H16N4O3S2. The van der Waals surface area contributed by atoms with Crippen molar-refractivity contribution < 1.29 is 14.6 Å². The Hall–Kier alpha value is -1.03. The van der Waals surface area contributed by atoms with Gasteiger partial charge in [0, 0.05) is 6.54 Å². The Labute approximate surface area is 125 Å². The predicted octanol–water partition coefficient (Wildman–Crippen LogP) is 0.167. The lowest BCUT2D eigenvalue weighted by Gasteiger charge is -2.11. The summed E-state index contributed by atoms with van der Waals surface area (Å²) in [5.74, 6) is -0.118. The molecule has 1 unspecified atom stereocenters. The molecule has 1 atom stereocenters. The van der Waals surface area contributed by atoms with Gasteiger partial charge in [-0.05, 0) is 6.26 Å². The van der Waals surface area contributed by atoms with Crippen LogP contribution in [0.3, 0.4) is 0 Å². The molecule has 0 aliphatic carbocycles. The Kier molecular flexibility index (Phi) is 5.89. The number of rotatable bonds is 7. The van der Waals surface area contributed by atoms with Gasteiger partial charge in [-0.2, -0.15) is 0 Å². The molecule has 0 bridgehead atoms. The molecule has 9 heteroatoms. The van der Waals surface area contributed by atoms with E-state index in [-0.39, 0.29) is 19.1 Å². The number of carbonyl (C=O) groups is 1. The number of carbonyl (C=O) groups excluding carboxylic acids is 1. The maximum Gasteiger partial charge on any atom is 0.253 e. The fraction of sp³-hybridized carbons (Fsp3) is 0.545. The number of amides is 1. The molecule has 0 saturated heterocycles. The molecule has 1 aromatic rings. The van der Waals surface area contributed by atoms with Crippen molar-refractivity contribution in [1.82, 2.24) is 15.3 Å². The van der Waals surface area contributed by atoms with Gasteiger partial charge in [-0.25, -0.2) is 9.97 Å². The fourth-order valence-electron chi connectivity index (χ4n) is 1.62. The summed E-state index contributed by atoms with van der Waals surface area (Å²) >= 11 is 2.89. The van der Waals surface area contributed by atoms with E-state index in [4.69, 9.17) is 9.84 Å². The third-order valence-corrected chi connectivity index (χ3v) is 4.29. The molecule has 2 rings (SSSR count). The summed E-state index contributed by atoms with van der Waals surface area (Å²) < 4.78 is 5.08. The second kappa shape index (κ2) is 7.67. The highest BCUT2D eigenvalue weighted by atomic mass is 32.2. The molecule has 1 amide bonds. The van der Waals surface area contributed by atoms with Crippen LogP contribution in [0.25, 0.3) is 0 Å². The van der Waals surface area contributed by atoms with Gasteiger partial charge in [-0.15, -0.1) is 11.8 Å². The van der Waals surface area contributed by atoms with Gasteiger partial charge < -0.3 is 20.5 Å². The van der Waals surface area contributed by atoms with Gasteiger partial charge in [0.1, 0.15) is 22.1 Å². The third-order valence-electron chi connectivity index (χ3n) is 2.50. The van der Waals surface area contributed by atoms with E-state index in [9.17, 15) is 4.79 Å². The van der Waals surface area contributed by atoms with Crippen LogP contribution in [0.15, 0.2) is 16.4 Å². The van der Waals surface area contributed by atoms with Crippen molar-refractivity contribution in [1.29, 1.82) is 0 Å². The van der Waals surface area contributed by atoms with Gasteiger partial charge in [0.15, 0.2) is 5.37 Å². The van der Waals surface area contributed by atoms with E-state index in [1.165, 1.54) is 29.9 Å². The summed E-state index contributed by atoms with van der Waals surface area (Å²) in [6.07, 6.45) is 3.43. The molecule has 1 aliphatic rings. The summed E-state index contributed by atoms with van der Waals surface area (Å²) in [5, 5.41) is 15.7. The molecule has 0 fully saturated rings.